The molecule has 0 bridgehead atoms. The lowest BCUT2D eigenvalue weighted by Crippen LogP contribution is -2.26. The van der Waals surface area contributed by atoms with Crippen molar-refractivity contribution < 1.29 is 19.9 Å². The van der Waals surface area contributed by atoms with E-state index in [1.54, 1.807) is 0 Å². The first-order chi connectivity index (χ1) is 14.5. The summed E-state index contributed by atoms with van der Waals surface area (Å²) in [5, 5.41) is 35.0. The molecule has 1 aliphatic rings. The second-order valence-corrected chi connectivity index (χ2v) is 7.57. The number of hydrogen-bond acceptors (Lipinski definition) is 6. The zero-order valence-corrected chi connectivity index (χ0v) is 16.6. The number of ether oxygens (including phenoxy) is 1. The van der Waals surface area contributed by atoms with Gasteiger partial charge >= 0.3 is 5.69 Å². The number of fused-ring (bicyclic) bond motifs is 3. The van der Waals surface area contributed by atoms with E-state index in [0.29, 0.717) is 18.7 Å². The van der Waals surface area contributed by atoms with Crippen LogP contribution < -0.4 is 10.1 Å². The number of aromatic amines is 1. The number of aliphatic hydroxyl groups excluding tert-OH is 1. The molecule has 0 saturated heterocycles. The third-order valence-corrected chi connectivity index (χ3v) is 5.54. The Bertz CT molecular complexity index is 1060. The predicted molar refractivity (Wildman–Crippen MR) is 113 cm³/mol. The molecule has 8 nitrogen and oxygen atoms in total. The fourth-order valence-electron chi connectivity index (χ4n) is 3.97. The molecular weight excluding hydrogens is 386 g/mol. The van der Waals surface area contributed by atoms with Gasteiger partial charge in [-0.25, -0.2) is 0 Å². The highest BCUT2D eigenvalue weighted by molar-refractivity contribution is 5.86. The zero-order chi connectivity index (χ0) is 21.1. The van der Waals surface area contributed by atoms with Crippen LogP contribution in [-0.2, 0) is 12.8 Å². The smallest absolute Gasteiger partial charge is 0.311 e. The number of aryl methyl sites for hydroxylation is 2. The van der Waals surface area contributed by atoms with Crippen molar-refractivity contribution in [2.45, 2.75) is 31.8 Å². The Hall–Kier alpha value is -3.10. The first-order valence-electron chi connectivity index (χ1n) is 10.2. The van der Waals surface area contributed by atoms with Crippen LogP contribution in [0.4, 0.5) is 5.69 Å². The van der Waals surface area contributed by atoms with Crippen molar-refractivity contribution in [3.8, 4) is 11.5 Å². The molecule has 0 fully saturated rings. The van der Waals surface area contributed by atoms with Gasteiger partial charge in [-0.15, -0.1) is 0 Å². The second-order valence-electron chi connectivity index (χ2n) is 7.57. The molecule has 1 atom stereocenters. The van der Waals surface area contributed by atoms with Crippen LogP contribution in [0, 0.1) is 10.1 Å². The van der Waals surface area contributed by atoms with Crippen molar-refractivity contribution in [1.29, 1.82) is 0 Å². The van der Waals surface area contributed by atoms with Crippen molar-refractivity contribution in [3.63, 3.8) is 0 Å². The molecule has 0 radical (unpaired) electrons. The first kappa shape index (κ1) is 20.2. The summed E-state index contributed by atoms with van der Waals surface area (Å²) in [6.07, 6.45) is 3.79. The monoisotopic (exact) mass is 411 g/mol. The highest BCUT2D eigenvalue weighted by Crippen LogP contribution is 2.31. The van der Waals surface area contributed by atoms with E-state index >= 15 is 0 Å². The summed E-state index contributed by atoms with van der Waals surface area (Å²) in [6.45, 7) is 1.15. The average Bonchev–Trinajstić information content (AvgIpc) is 3.11. The van der Waals surface area contributed by atoms with E-state index in [-0.39, 0.29) is 6.54 Å². The van der Waals surface area contributed by atoms with Gasteiger partial charge in [0.1, 0.15) is 12.4 Å². The van der Waals surface area contributed by atoms with Crippen molar-refractivity contribution in [2.75, 3.05) is 19.7 Å². The van der Waals surface area contributed by atoms with E-state index < -0.39 is 22.5 Å². The molecule has 2 aromatic carbocycles. The first-order valence-corrected chi connectivity index (χ1v) is 10.2. The highest BCUT2D eigenvalue weighted by atomic mass is 16.6. The topological polar surface area (TPSA) is 121 Å². The minimum absolute atomic E-state index is 0.216. The molecular formula is C22H25N3O5. The van der Waals surface area contributed by atoms with E-state index in [0.717, 1.165) is 24.1 Å². The fourth-order valence-corrected chi connectivity index (χ4v) is 3.97. The largest absolute Gasteiger partial charge is 0.502 e. The number of nitro groups is 1. The van der Waals surface area contributed by atoms with Crippen LogP contribution >= 0.6 is 0 Å². The van der Waals surface area contributed by atoms with Gasteiger partial charge in [0.05, 0.1) is 11.0 Å². The van der Waals surface area contributed by atoms with Crippen molar-refractivity contribution in [1.82, 2.24) is 10.3 Å². The molecule has 4 N–H and O–H groups in total. The number of H-pyrrole nitrogens is 1. The maximum Gasteiger partial charge on any atom is 0.311 e. The number of nitro benzene ring substituents is 1. The number of aliphatic hydroxyl groups is 1. The Kier molecular flexibility index (Phi) is 5.87. The molecule has 0 aliphatic heterocycles. The minimum atomic E-state index is -0.925. The molecule has 1 aliphatic carbocycles. The number of aromatic hydroxyl groups is 1. The van der Waals surface area contributed by atoms with E-state index in [1.165, 1.54) is 47.7 Å². The molecule has 0 amide bonds. The van der Waals surface area contributed by atoms with Crippen LogP contribution in [0.1, 0.15) is 35.8 Å². The summed E-state index contributed by atoms with van der Waals surface area (Å²) in [5.41, 5.74) is 3.84. The van der Waals surface area contributed by atoms with E-state index in [9.17, 15) is 20.3 Å². The van der Waals surface area contributed by atoms with Crippen LogP contribution in [0.5, 0.6) is 11.5 Å². The molecule has 158 valence electrons. The van der Waals surface area contributed by atoms with Gasteiger partial charge in [-0.05, 0) is 55.0 Å². The molecule has 30 heavy (non-hydrogen) atoms. The number of hydrogen-bond donors (Lipinski definition) is 4. The van der Waals surface area contributed by atoms with Crippen molar-refractivity contribution in [2.24, 2.45) is 0 Å². The van der Waals surface area contributed by atoms with Gasteiger partial charge in [-0.2, -0.15) is 0 Å². The SMILES string of the molecule is O=[N+]([O-])c1cc(C(O)CNCCOc2ccc3c4c([nH]c3c2)CCCC4)ccc1O. The molecule has 1 heterocycles. The van der Waals surface area contributed by atoms with Gasteiger partial charge in [0.15, 0.2) is 5.75 Å². The van der Waals surface area contributed by atoms with Gasteiger partial charge in [0.25, 0.3) is 0 Å². The van der Waals surface area contributed by atoms with E-state index in [4.69, 9.17) is 4.74 Å². The van der Waals surface area contributed by atoms with Crippen LogP contribution in [0.15, 0.2) is 36.4 Å². The lowest BCUT2D eigenvalue weighted by atomic mass is 9.96. The van der Waals surface area contributed by atoms with Crippen LogP contribution in [0.3, 0.4) is 0 Å². The molecule has 0 spiro atoms. The normalized spacial score (nSPS) is 14.4. The number of nitrogens with one attached hydrogen (secondary N) is 2. The molecule has 1 aromatic heterocycles. The Morgan fingerprint density at radius 1 is 1.20 bits per heavy atom. The molecule has 4 rings (SSSR count). The lowest BCUT2D eigenvalue weighted by molar-refractivity contribution is -0.386. The summed E-state index contributed by atoms with van der Waals surface area (Å²) in [7, 11) is 0. The maximum absolute atomic E-state index is 10.9. The number of benzene rings is 2. The fraction of sp³-hybridized carbons (Fsp3) is 0.364. The third kappa shape index (κ3) is 4.24. The number of aromatic nitrogens is 1. The van der Waals surface area contributed by atoms with E-state index in [1.807, 2.05) is 12.1 Å². The Morgan fingerprint density at radius 2 is 2.03 bits per heavy atom. The molecule has 1 unspecified atom stereocenters. The lowest BCUT2D eigenvalue weighted by Gasteiger charge is -2.13. The highest BCUT2D eigenvalue weighted by Gasteiger charge is 2.17. The number of rotatable bonds is 8. The van der Waals surface area contributed by atoms with Crippen LogP contribution in [0.25, 0.3) is 10.9 Å². The second kappa shape index (κ2) is 8.73. The summed E-state index contributed by atoms with van der Waals surface area (Å²) < 4.78 is 5.81. The Balaban J connectivity index is 1.27. The summed E-state index contributed by atoms with van der Waals surface area (Å²) in [6, 6.07) is 9.99. The van der Waals surface area contributed by atoms with Crippen molar-refractivity contribution in [3.05, 3.63) is 63.3 Å². The van der Waals surface area contributed by atoms with Gasteiger partial charge < -0.3 is 25.3 Å². The molecule has 3 aromatic rings. The van der Waals surface area contributed by atoms with Gasteiger partial charge in [0, 0.05) is 41.8 Å². The third-order valence-electron chi connectivity index (χ3n) is 5.54. The van der Waals surface area contributed by atoms with Crippen molar-refractivity contribution >= 4 is 16.6 Å². The maximum atomic E-state index is 10.9. The molecule has 0 saturated carbocycles. The number of nitrogens with zero attached hydrogens (tertiary/aromatic N) is 1. The zero-order valence-electron chi connectivity index (χ0n) is 16.6. The summed E-state index contributed by atoms with van der Waals surface area (Å²) in [4.78, 5) is 13.7. The number of phenols is 1. The van der Waals surface area contributed by atoms with Gasteiger partial charge in [-0.3, -0.25) is 10.1 Å². The van der Waals surface area contributed by atoms with E-state index in [2.05, 4.69) is 16.4 Å². The Labute approximate surface area is 173 Å². The summed E-state index contributed by atoms with van der Waals surface area (Å²) in [5.74, 6) is 0.370. The van der Waals surface area contributed by atoms with Gasteiger partial charge in [0.2, 0.25) is 0 Å². The van der Waals surface area contributed by atoms with Gasteiger partial charge in [-0.1, -0.05) is 6.07 Å². The number of phenolic OH excluding ortho intramolecular Hbond substituents is 1. The minimum Gasteiger partial charge on any atom is -0.502 e. The average molecular weight is 411 g/mol. The van der Waals surface area contributed by atoms with Crippen LogP contribution in [-0.4, -0.2) is 39.8 Å². The van der Waals surface area contributed by atoms with Crippen LogP contribution in [0.2, 0.25) is 0 Å². The quantitative estimate of drug-likeness (QED) is 0.256. The predicted octanol–water partition coefficient (Wildman–Crippen LogP) is 3.36. The molecule has 8 heteroatoms. The standard InChI is InChI=1S/C22H25N3O5/c26-21-8-5-14(11-20(21)25(28)29)22(27)13-23-9-10-30-15-6-7-17-16-3-1-2-4-18(16)24-19(17)12-15/h5-8,11-12,22-24,26-27H,1-4,9-10,13H2. The summed E-state index contributed by atoms with van der Waals surface area (Å²) >= 11 is 0. The Morgan fingerprint density at radius 3 is 2.87 bits per heavy atom.